The summed E-state index contributed by atoms with van der Waals surface area (Å²) in [6, 6.07) is 7.28. The van der Waals surface area contributed by atoms with Crippen molar-refractivity contribution >= 4 is 10.0 Å². The summed E-state index contributed by atoms with van der Waals surface area (Å²) >= 11 is 0. The second-order valence-electron chi connectivity index (χ2n) is 5.63. The molecular weight excluding hydrogens is 318 g/mol. The second-order valence-corrected chi connectivity index (χ2v) is 7.28. The van der Waals surface area contributed by atoms with Crippen LogP contribution in [0.1, 0.15) is 35.7 Å². The van der Waals surface area contributed by atoms with Crippen molar-refractivity contribution in [3.05, 3.63) is 61.9 Å². The zero-order valence-corrected chi connectivity index (χ0v) is 13.4. The van der Waals surface area contributed by atoms with E-state index in [1.165, 1.54) is 6.92 Å². The molecule has 122 valence electrons. The van der Waals surface area contributed by atoms with Crippen molar-refractivity contribution in [2.24, 2.45) is 0 Å². The predicted octanol–water partition coefficient (Wildman–Crippen LogP) is 0.728. The van der Waals surface area contributed by atoms with Gasteiger partial charge in [0.25, 0.3) is 5.56 Å². The Balaban J connectivity index is 2.01. The largest absolute Gasteiger partial charge is 0.325 e. The minimum absolute atomic E-state index is 0.0235. The second kappa shape index (κ2) is 5.78. The van der Waals surface area contributed by atoms with Crippen LogP contribution in [-0.4, -0.2) is 18.4 Å². The molecule has 1 aromatic heterocycles. The van der Waals surface area contributed by atoms with Gasteiger partial charge in [-0.25, -0.2) is 17.9 Å². The maximum absolute atomic E-state index is 12.6. The number of aryl methyl sites for hydroxylation is 2. The fourth-order valence-electron chi connectivity index (χ4n) is 3.03. The van der Waals surface area contributed by atoms with Gasteiger partial charge in [0.2, 0.25) is 10.0 Å². The number of aromatic amines is 2. The molecule has 8 heteroatoms. The molecule has 0 saturated heterocycles. The Morgan fingerprint density at radius 3 is 2.65 bits per heavy atom. The topological polar surface area (TPSA) is 112 Å². The summed E-state index contributed by atoms with van der Waals surface area (Å²) in [5.41, 5.74) is 0.423. The number of H-pyrrole nitrogens is 2. The molecule has 7 nitrogen and oxygen atoms in total. The number of nitrogens with one attached hydrogen (secondary N) is 3. The first-order valence-corrected chi connectivity index (χ1v) is 8.80. The summed E-state index contributed by atoms with van der Waals surface area (Å²) in [5.74, 6) is 0. The molecule has 1 heterocycles. The summed E-state index contributed by atoms with van der Waals surface area (Å²) in [6.45, 7) is 1.39. The van der Waals surface area contributed by atoms with Gasteiger partial charge in [-0.1, -0.05) is 24.3 Å². The smallest absolute Gasteiger partial charge is 0.310 e. The lowest BCUT2D eigenvalue weighted by Crippen LogP contribution is -2.37. The van der Waals surface area contributed by atoms with Gasteiger partial charge in [0.1, 0.15) is 0 Å². The van der Waals surface area contributed by atoms with Gasteiger partial charge in [-0.2, -0.15) is 0 Å². The third-order valence-corrected chi connectivity index (χ3v) is 5.63. The molecule has 0 unspecified atom stereocenters. The van der Waals surface area contributed by atoms with Crippen LogP contribution in [0.3, 0.4) is 0 Å². The standard InChI is InChI=1S/C15H17N3O4S/c1-9-13(14(19)17-15(20)16-9)23(21,22)18-12-8-4-6-10-5-2-3-7-11(10)12/h2-3,5,7,12,18H,4,6,8H2,1H3,(H2,16,17,19,20)/t12-/m1/s1. The summed E-state index contributed by atoms with van der Waals surface area (Å²) in [7, 11) is -4.04. The molecule has 3 N–H and O–H groups in total. The van der Waals surface area contributed by atoms with E-state index in [9.17, 15) is 18.0 Å². The normalized spacial score (nSPS) is 17.7. The Hall–Kier alpha value is -2.19. The van der Waals surface area contributed by atoms with E-state index in [2.05, 4.69) is 9.71 Å². The number of aromatic nitrogens is 2. The molecule has 1 aromatic carbocycles. The average molecular weight is 335 g/mol. The van der Waals surface area contributed by atoms with Gasteiger partial charge < -0.3 is 4.98 Å². The molecular formula is C15H17N3O4S. The van der Waals surface area contributed by atoms with Crippen LogP contribution < -0.4 is 16.0 Å². The number of hydrogen-bond acceptors (Lipinski definition) is 4. The van der Waals surface area contributed by atoms with Crippen molar-refractivity contribution < 1.29 is 8.42 Å². The molecule has 0 fully saturated rings. The zero-order valence-electron chi connectivity index (χ0n) is 12.5. The summed E-state index contributed by atoms with van der Waals surface area (Å²) in [6.07, 6.45) is 2.44. The molecule has 1 atom stereocenters. The van der Waals surface area contributed by atoms with Crippen molar-refractivity contribution in [3.63, 3.8) is 0 Å². The van der Waals surface area contributed by atoms with Crippen LogP contribution in [0, 0.1) is 6.92 Å². The number of sulfonamides is 1. The molecule has 0 bridgehead atoms. The highest BCUT2D eigenvalue weighted by Gasteiger charge is 2.28. The van der Waals surface area contributed by atoms with E-state index in [-0.39, 0.29) is 11.7 Å². The summed E-state index contributed by atoms with van der Waals surface area (Å²) < 4.78 is 27.8. The highest BCUT2D eigenvalue weighted by molar-refractivity contribution is 7.89. The van der Waals surface area contributed by atoms with Gasteiger partial charge >= 0.3 is 5.69 Å². The van der Waals surface area contributed by atoms with E-state index >= 15 is 0 Å². The molecule has 3 rings (SSSR count). The lowest BCUT2D eigenvalue weighted by atomic mass is 9.88. The van der Waals surface area contributed by atoms with E-state index in [1.54, 1.807) is 0 Å². The van der Waals surface area contributed by atoms with Crippen molar-refractivity contribution in [1.82, 2.24) is 14.7 Å². The molecule has 0 amide bonds. The highest BCUT2D eigenvalue weighted by atomic mass is 32.2. The molecule has 0 saturated carbocycles. The third-order valence-electron chi connectivity index (χ3n) is 4.01. The Bertz CT molecular complexity index is 959. The van der Waals surface area contributed by atoms with Crippen molar-refractivity contribution in [1.29, 1.82) is 0 Å². The van der Waals surface area contributed by atoms with Crippen LogP contribution in [0.4, 0.5) is 0 Å². The number of rotatable bonds is 3. The minimum Gasteiger partial charge on any atom is -0.310 e. The SMILES string of the molecule is Cc1[nH]c(=O)[nH]c(=O)c1S(=O)(=O)N[C@@H]1CCCc2ccccc21. The predicted molar refractivity (Wildman–Crippen MR) is 84.9 cm³/mol. The maximum atomic E-state index is 12.6. The van der Waals surface area contributed by atoms with Crippen LogP contribution in [-0.2, 0) is 16.4 Å². The van der Waals surface area contributed by atoms with Crippen LogP contribution in [0.15, 0.2) is 38.8 Å². The minimum atomic E-state index is -4.04. The quantitative estimate of drug-likeness (QED) is 0.767. The maximum Gasteiger partial charge on any atom is 0.325 e. The van der Waals surface area contributed by atoms with E-state index in [0.29, 0.717) is 6.42 Å². The van der Waals surface area contributed by atoms with Crippen molar-refractivity contribution in [2.75, 3.05) is 0 Å². The summed E-state index contributed by atoms with van der Waals surface area (Å²) in [4.78, 5) is 26.9. The monoisotopic (exact) mass is 335 g/mol. The Kier molecular flexibility index (Phi) is 3.95. The van der Waals surface area contributed by atoms with Gasteiger partial charge in [0.05, 0.1) is 0 Å². The lowest BCUT2D eigenvalue weighted by Gasteiger charge is -2.26. The molecule has 0 spiro atoms. The fraction of sp³-hybridized carbons (Fsp3) is 0.333. The first kappa shape index (κ1) is 15.7. The van der Waals surface area contributed by atoms with E-state index in [1.807, 2.05) is 29.2 Å². The van der Waals surface area contributed by atoms with Crippen LogP contribution in [0.5, 0.6) is 0 Å². The average Bonchev–Trinajstić information content (AvgIpc) is 2.45. The third kappa shape index (κ3) is 2.99. The van der Waals surface area contributed by atoms with E-state index in [0.717, 1.165) is 24.0 Å². The number of hydrogen-bond donors (Lipinski definition) is 3. The first-order valence-electron chi connectivity index (χ1n) is 7.32. The number of fused-ring (bicyclic) bond motifs is 1. The van der Waals surface area contributed by atoms with Crippen LogP contribution in [0.25, 0.3) is 0 Å². The van der Waals surface area contributed by atoms with Crippen LogP contribution in [0.2, 0.25) is 0 Å². The Morgan fingerprint density at radius 2 is 1.91 bits per heavy atom. The Morgan fingerprint density at radius 1 is 1.17 bits per heavy atom. The van der Waals surface area contributed by atoms with Gasteiger partial charge in [-0.3, -0.25) is 9.78 Å². The van der Waals surface area contributed by atoms with Crippen molar-refractivity contribution in [3.8, 4) is 0 Å². The zero-order chi connectivity index (χ0) is 16.6. The first-order chi connectivity index (χ1) is 10.9. The molecule has 0 radical (unpaired) electrons. The number of benzene rings is 1. The van der Waals surface area contributed by atoms with E-state index < -0.39 is 26.2 Å². The van der Waals surface area contributed by atoms with Crippen LogP contribution >= 0.6 is 0 Å². The van der Waals surface area contributed by atoms with E-state index in [4.69, 9.17) is 0 Å². The molecule has 0 aliphatic heterocycles. The Labute approximate surface area is 132 Å². The molecule has 1 aliphatic carbocycles. The van der Waals surface area contributed by atoms with Gasteiger partial charge in [-0.05, 0) is 37.3 Å². The van der Waals surface area contributed by atoms with Gasteiger partial charge in [0.15, 0.2) is 4.90 Å². The van der Waals surface area contributed by atoms with Crippen molar-refractivity contribution in [2.45, 2.75) is 37.1 Å². The highest BCUT2D eigenvalue weighted by Crippen LogP contribution is 2.30. The molecule has 2 aromatic rings. The fourth-order valence-corrected chi connectivity index (χ4v) is 4.52. The van der Waals surface area contributed by atoms with Gasteiger partial charge in [-0.15, -0.1) is 0 Å². The summed E-state index contributed by atoms with van der Waals surface area (Å²) in [5, 5.41) is 0. The molecule has 23 heavy (non-hydrogen) atoms. The molecule has 1 aliphatic rings. The lowest BCUT2D eigenvalue weighted by molar-refractivity contribution is 0.506. The van der Waals surface area contributed by atoms with Gasteiger partial charge in [0, 0.05) is 11.7 Å².